The van der Waals surface area contributed by atoms with Crippen molar-refractivity contribution in [2.45, 2.75) is 13.5 Å². The second kappa shape index (κ2) is 5.29. The molecule has 0 N–H and O–H groups in total. The number of halogens is 1. The fourth-order valence-electron chi connectivity index (χ4n) is 1.36. The van der Waals surface area contributed by atoms with Crippen LogP contribution in [0.1, 0.15) is 20.2 Å². The molecule has 0 amide bonds. The molecule has 1 heterocycles. The Kier molecular flexibility index (Phi) is 3.76. The van der Waals surface area contributed by atoms with Crippen LogP contribution in [0.3, 0.4) is 0 Å². The third-order valence-electron chi connectivity index (χ3n) is 2.14. The van der Waals surface area contributed by atoms with Gasteiger partial charge in [-0.2, -0.15) is 0 Å². The first-order valence-corrected chi connectivity index (χ1v) is 6.17. The minimum Gasteiger partial charge on any atom is -0.487 e. The standard InChI is InChI=1S/C12H10ClNO2S/c1-8-14-5-11(17-8)7-16-12-3-2-10(13)4-9(12)6-15/h2-6H,7H2,1H3. The van der Waals surface area contributed by atoms with Crippen LogP contribution >= 0.6 is 22.9 Å². The Morgan fingerprint density at radius 2 is 2.35 bits per heavy atom. The average molecular weight is 268 g/mol. The maximum absolute atomic E-state index is 10.8. The Morgan fingerprint density at radius 1 is 1.53 bits per heavy atom. The number of hydrogen-bond acceptors (Lipinski definition) is 4. The van der Waals surface area contributed by atoms with Gasteiger partial charge in [0.05, 0.1) is 15.4 Å². The molecular formula is C12H10ClNO2S. The molecule has 5 heteroatoms. The van der Waals surface area contributed by atoms with Crippen LogP contribution in [0.4, 0.5) is 0 Å². The van der Waals surface area contributed by atoms with Gasteiger partial charge in [0, 0.05) is 11.2 Å². The molecule has 1 aromatic heterocycles. The molecule has 0 aliphatic heterocycles. The van der Waals surface area contributed by atoms with Gasteiger partial charge < -0.3 is 4.74 Å². The number of aromatic nitrogens is 1. The highest BCUT2D eigenvalue weighted by Crippen LogP contribution is 2.23. The fourth-order valence-corrected chi connectivity index (χ4v) is 2.25. The van der Waals surface area contributed by atoms with Crippen molar-refractivity contribution in [1.29, 1.82) is 0 Å². The number of ether oxygens (including phenoxy) is 1. The summed E-state index contributed by atoms with van der Waals surface area (Å²) >= 11 is 7.37. The van der Waals surface area contributed by atoms with Gasteiger partial charge in [0.1, 0.15) is 12.4 Å². The monoisotopic (exact) mass is 267 g/mol. The van der Waals surface area contributed by atoms with Crippen LogP contribution in [0.25, 0.3) is 0 Å². The van der Waals surface area contributed by atoms with Crippen molar-refractivity contribution in [1.82, 2.24) is 4.98 Å². The van der Waals surface area contributed by atoms with Crippen LogP contribution in [-0.4, -0.2) is 11.3 Å². The predicted octanol–water partition coefficient (Wildman–Crippen LogP) is 3.50. The molecule has 0 unspecified atom stereocenters. The number of nitrogens with zero attached hydrogens (tertiary/aromatic N) is 1. The molecule has 2 rings (SSSR count). The summed E-state index contributed by atoms with van der Waals surface area (Å²) in [5.41, 5.74) is 0.457. The highest BCUT2D eigenvalue weighted by molar-refractivity contribution is 7.11. The summed E-state index contributed by atoms with van der Waals surface area (Å²) in [5, 5.41) is 1.52. The molecule has 0 spiro atoms. The molecule has 1 aromatic carbocycles. The molecule has 88 valence electrons. The third-order valence-corrected chi connectivity index (χ3v) is 3.26. The number of carbonyl (C=O) groups excluding carboxylic acids is 1. The highest BCUT2D eigenvalue weighted by Gasteiger charge is 2.05. The van der Waals surface area contributed by atoms with E-state index in [2.05, 4.69) is 4.98 Å². The molecule has 0 atom stereocenters. The number of aldehydes is 1. The zero-order valence-corrected chi connectivity index (χ0v) is 10.7. The smallest absolute Gasteiger partial charge is 0.153 e. The van der Waals surface area contributed by atoms with Crippen LogP contribution in [0.15, 0.2) is 24.4 Å². The van der Waals surface area contributed by atoms with Crippen LogP contribution in [-0.2, 0) is 6.61 Å². The van der Waals surface area contributed by atoms with Crippen molar-refractivity contribution in [3.8, 4) is 5.75 Å². The average Bonchev–Trinajstić information content (AvgIpc) is 2.73. The summed E-state index contributed by atoms with van der Waals surface area (Å²) < 4.78 is 5.56. The number of aryl methyl sites for hydroxylation is 1. The largest absolute Gasteiger partial charge is 0.487 e. The van der Waals surface area contributed by atoms with Gasteiger partial charge in [-0.05, 0) is 25.1 Å². The first-order valence-electron chi connectivity index (χ1n) is 4.98. The summed E-state index contributed by atoms with van der Waals surface area (Å²) in [7, 11) is 0. The van der Waals surface area contributed by atoms with Crippen molar-refractivity contribution in [2.24, 2.45) is 0 Å². The number of thiazole rings is 1. The lowest BCUT2D eigenvalue weighted by molar-refractivity contribution is 0.111. The van der Waals surface area contributed by atoms with E-state index >= 15 is 0 Å². The van der Waals surface area contributed by atoms with E-state index < -0.39 is 0 Å². The molecule has 3 nitrogen and oxygen atoms in total. The highest BCUT2D eigenvalue weighted by atomic mass is 35.5. The summed E-state index contributed by atoms with van der Waals surface area (Å²) in [6.07, 6.45) is 2.51. The van der Waals surface area contributed by atoms with Crippen molar-refractivity contribution in [2.75, 3.05) is 0 Å². The van der Waals surface area contributed by atoms with E-state index in [0.29, 0.717) is 22.9 Å². The van der Waals surface area contributed by atoms with E-state index in [9.17, 15) is 4.79 Å². The lowest BCUT2D eigenvalue weighted by Gasteiger charge is -2.06. The molecule has 0 saturated heterocycles. The van der Waals surface area contributed by atoms with Crippen molar-refractivity contribution < 1.29 is 9.53 Å². The van der Waals surface area contributed by atoms with Gasteiger partial charge in [-0.3, -0.25) is 4.79 Å². The Bertz CT molecular complexity index is 539. The van der Waals surface area contributed by atoms with Gasteiger partial charge in [0.25, 0.3) is 0 Å². The zero-order valence-electron chi connectivity index (χ0n) is 9.14. The first-order chi connectivity index (χ1) is 8.19. The number of carbonyl (C=O) groups is 1. The predicted molar refractivity (Wildman–Crippen MR) is 68.0 cm³/mol. The first kappa shape index (κ1) is 12.1. The lowest BCUT2D eigenvalue weighted by Crippen LogP contribution is -1.96. The minimum atomic E-state index is 0.411. The van der Waals surface area contributed by atoms with E-state index in [-0.39, 0.29) is 0 Å². The second-order valence-corrected chi connectivity index (χ2v) is 5.19. The molecule has 0 aliphatic rings. The molecule has 2 aromatic rings. The van der Waals surface area contributed by atoms with Crippen LogP contribution in [0, 0.1) is 6.92 Å². The Morgan fingerprint density at radius 3 is 3.00 bits per heavy atom. The summed E-state index contributed by atoms with van der Waals surface area (Å²) in [5.74, 6) is 0.537. The van der Waals surface area contributed by atoms with Gasteiger partial charge in [-0.25, -0.2) is 4.98 Å². The molecule has 0 aliphatic carbocycles. The molecule has 0 radical (unpaired) electrons. The van der Waals surface area contributed by atoms with Gasteiger partial charge in [0.2, 0.25) is 0 Å². The van der Waals surface area contributed by atoms with Crippen molar-refractivity contribution in [3.05, 3.63) is 44.9 Å². The molecular weight excluding hydrogens is 258 g/mol. The van der Waals surface area contributed by atoms with Crippen LogP contribution < -0.4 is 4.74 Å². The molecule has 17 heavy (non-hydrogen) atoms. The van der Waals surface area contributed by atoms with E-state index in [1.165, 1.54) is 0 Å². The minimum absolute atomic E-state index is 0.411. The quantitative estimate of drug-likeness (QED) is 0.796. The number of hydrogen-bond donors (Lipinski definition) is 0. The number of rotatable bonds is 4. The Balaban J connectivity index is 2.11. The van der Waals surface area contributed by atoms with E-state index in [4.69, 9.17) is 16.3 Å². The maximum Gasteiger partial charge on any atom is 0.153 e. The number of benzene rings is 1. The van der Waals surface area contributed by atoms with Gasteiger partial charge in [-0.1, -0.05) is 11.6 Å². The van der Waals surface area contributed by atoms with Gasteiger partial charge in [-0.15, -0.1) is 11.3 Å². The Labute approximate surface area is 108 Å². The van der Waals surface area contributed by atoms with Gasteiger partial charge in [0.15, 0.2) is 6.29 Å². The third kappa shape index (κ3) is 3.05. The van der Waals surface area contributed by atoms with E-state index in [0.717, 1.165) is 16.2 Å². The molecule has 0 bridgehead atoms. The molecule has 0 saturated carbocycles. The lowest BCUT2D eigenvalue weighted by atomic mass is 10.2. The molecule has 0 fully saturated rings. The van der Waals surface area contributed by atoms with E-state index in [1.807, 2.05) is 6.92 Å². The summed E-state index contributed by atoms with van der Waals surface area (Å²) in [6, 6.07) is 4.98. The van der Waals surface area contributed by atoms with Crippen molar-refractivity contribution >= 4 is 29.2 Å². The zero-order chi connectivity index (χ0) is 12.3. The van der Waals surface area contributed by atoms with Crippen molar-refractivity contribution in [3.63, 3.8) is 0 Å². The maximum atomic E-state index is 10.8. The van der Waals surface area contributed by atoms with Crippen LogP contribution in [0.5, 0.6) is 5.75 Å². The second-order valence-electron chi connectivity index (χ2n) is 3.43. The Hall–Kier alpha value is -1.39. The summed E-state index contributed by atoms with van der Waals surface area (Å²) in [4.78, 5) is 16.0. The van der Waals surface area contributed by atoms with Crippen LogP contribution in [0.2, 0.25) is 5.02 Å². The summed E-state index contributed by atoms with van der Waals surface area (Å²) in [6.45, 7) is 2.35. The van der Waals surface area contributed by atoms with Gasteiger partial charge >= 0.3 is 0 Å². The SMILES string of the molecule is Cc1ncc(COc2ccc(Cl)cc2C=O)s1. The normalized spacial score (nSPS) is 10.2. The van der Waals surface area contributed by atoms with E-state index in [1.54, 1.807) is 35.7 Å². The topological polar surface area (TPSA) is 39.2 Å². The fraction of sp³-hybridized carbons (Fsp3) is 0.167.